The minimum absolute atomic E-state index is 0.0369. The largest absolute Gasteiger partial charge is 0.345 e. The van der Waals surface area contributed by atoms with Crippen molar-refractivity contribution in [3.8, 4) is 0 Å². The molecule has 2 aromatic carbocycles. The van der Waals surface area contributed by atoms with Crippen LogP contribution in [-0.2, 0) is 11.2 Å². The standard InChI is InChI=1S/C18H17ClN2O2/c1-2-15(11-3-6-14(19)7-4-11)21-18(23)12-5-8-16-13(9-12)10-17(22)20-16/h3-9,15H,2,10H2,1H3,(H,20,22)(H,21,23). The third kappa shape index (κ3) is 3.37. The Morgan fingerprint density at radius 1 is 1.26 bits per heavy atom. The smallest absolute Gasteiger partial charge is 0.251 e. The van der Waals surface area contributed by atoms with Gasteiger partial charge in [0, 0.05) is 16.3 Å². The van der Waals surface area contributed by atoms with Crippen LogP contribution in [0, 0.1) is 0 Å². The first kappa shape index (κ1) is 15.6. The maximum atomic E-state index is 12.5. The molecule has 1 unspecified atom stereocenters. The van der Waals surface area contributed by atoms with Gasteiger partial charge in [-0.1, -0.05) is 30.7 Å². The van der Waals surface area contributed by atoms with E-state index >= 15 is 0 Å². The van der Waals surface area contributed by atoms with Crippen molar-refractivity contribution in [2.45, 2.75) is 25.8 Å². The quantitative estimate of drug-likeness (QED) is 0.898. The molecule has 1 atom stereocenters. The van der Waals surface area contributed by atoms with Crippen LogP contribution < -0.4 is 10.6 Å². The SMILES string of the molecule is CCC(NC(=O)c1ccc2c(c1)CC(=O)N2)c1ccc(Cl)cc1. The number of hydrogen-bond donors (Lipinski definition) is 2. The molecule has 4 nitrogen and oxygen atoms in total. The van der Waals surface area contributed by atoms with Crippen LogP contribution in [0.5, 0.6) is 0 Å². The van der Waals surface area contributed by atoms with E-state index in [-0.39, 0.29) is 17.9 Å². The van der Waals surface area contributed by atoms with E-state index in [1.165, 1.54) is 0 Å². The number of hydrogen-bond acceptors (Lipinski definition) is 2. The first-order valence-corrected chi connectivity index (χ1v) is 7.93. The van der Waals surface area contributed by atoms with Crippen LogP contribution in [0.1, 0.15) is 40.9 Å². The van der Waals surface area contributed by atoms with Gasteiger partial charge in [-0.3, -0.25) is 9.59 Å². The van der Waals surface area contributed by atoms with Gasteiger partial charge < -0.3 is 10.6 Å². The highest BCUT2D eigenvalue weighted by molar-refractivity contribution is 6.30. The Morgan fingerprint density at radius 2 is 2.00 bits per heavy atom. The number of amides is 2. The molecule has 0 aliphatic carbocycles. The Hall–Kier alpha value is -2.33. The topological polar surface area (TPSA) is 58.2 Å². The van der Waals surface area contributed by atoms with Crippen molar-refractivity contribution >= 4 is 29.1 Å². The molecule has 0 radical (unpaired) electrons. The van der Waals surface area contributed by atoms with Gasteiger partial charge in [0.2, 0.25) is 5.91 Å². The molecule has 0 aromatic heterocycles. The van der Waals surface area contributed by atoms with Gasteiger partial charge in [0.1, 0.15) is 0 Å². The molecule has 23 heavy (non-hydrogen) atoms. The molecule has 0 saturated heterocycles. The second kappa shape index (κ2) is 6.42. The van der Waals surface area contributed by atoms with Gasteiger partial charge in [-0.05, 0) is 47.9 Å². The normalized spacial score (nSPS) is 14.1. The molecule has 2 amide bonds. The average Bonchev–Trinajstić information content (AvgIpc) is 2.92. The zero-order valence-corrected chi connectivity index (χ0v) is 13.5. The lowest BCUT2D eigenvalue weighted by atomic mass is 10.0. The number of fused-ring (bicyclic) bond motifs is 1. The predicted octanol–water partition coefficient (Wildman–Crippen LogP) is 3.72. The molecule has 0 fully saturated rings. The zero-order chi connectivity index (χ0) is 16.4. The highest BCUT2D eigenvalue weighted by Gasteiger charge is 2.20. The van der Waals surface area contributed by atoms with Gasteiger partial charge in [-0.15, -0.1) is 0 Å². The van der Waals surface area contributed by atoms with Crippen molar-refractivity contribution in [2.75, 3.05) is 5.32 Å². The summed E-state index contributed by atoms with van der Waals surface area (Å²) < 4.78 is 0. The maximum absolute atomic E-state index is 12.5. The average molecular weight is 329 g/mol. The van der Waals surface area contributed by atoms with Crippen LogP contribution in [0.2, 0.25) is 5.02 Å². The summed E-state index contributed by atoms with van der Waals surface area (Å²) in [5.41, 5.74) is 3.23. The summed E-state index contributed by atoms with van der Waals surface area (Å²) in [6, 6.07) is 12.7. The lowest BCUT2D eigenvalue weighted by molar-refractivity contribution is -0.115. The first-order valence-electron chi connectivity index (χ1n) is 7.56. The molecule has 3 rings (SSSR count). The number of anilines is 1. The summed E-state index contributed by atoms with van der Waals surface area (Å²) >= 11 is 5.91. The lowest BCUT2D eigenvalue weighted by Gasteiger charge is -2.18. The van der Waals surface area contributed by atoms with Gasteiger partial charge in [0.15, 0.2) is 0 Å². The Morgan fingerprint density at radius 3 is 2.70 bits per heavy atom. The third-order valence-electron chi connectivity index (χ3n) is 3.98. The summed E-state index contributed by atoms with van der Waals surface area (Å²) in [4.78, 5) is 23.9. The van der Waals surface area contributed by atoms with E-state index in [0.29, 0.717) is 17.0 Å². The summed E-state index contributed by atoms with van der Waals surface area (Å²) in [6.45, 7) is 2.02. The van der Waals surface area contributed by atoms with Gasteiger partial charge >= 0.3 is 0 Å². The van der Waals surface area contributed by atoms with E-state index in [1.54, 1.807) is 18.2 Å². The highest BCUT2D eigenvalue weighted by atomic mass is 35.5. The Balaban J connectivity index is 1.76. The molecule has 5 heteroatoms. The molecular weight excluding hydrogens is 312 g/mol. The van der Waals surface area contributed by atoms with E-state index in [9.17, 15) is 9.59 Å². The molecule has 2 aromatic rings. The summed E-state index contributed by atoms with van der Waals surface area (Å²) in [6.07, 6.45) is 1.10. The minimum Gasteiger partial charge on any atom is -0.345 e. The van der Waals surface area contributed by atoms with Gasteiger partial charge in [0.25, 0.3) is 5.91 Å². The van der Waals surface area contributed by atoms with E-state index < -0.39 is 0 Å². The summed E-state index contributed by atoms with van der Waals surface area (Å²) in [5.74, 6) is -0.181. The first-order chi connectivity index (χ1) is 11.1. The van der Waals surface area contributed by atoms with Gasteiger partial charge in [0.05, 0.1) is 12.5 Å². The lowest BCUT2D eigenvalue weighted by Crippen LogP contribution is -2.28. The van der Waals surface area contributed by atoms with E-state index in [0.717, 1.165) is 23.2 Å². The Labute approximate surface area is 139 Å². The number of rotatable bonds is 4. The van der Waals surface area contributed by atoms with Crippen molar-refractivity contribution in [1.29, 1.82) is 0 Å². The van der Waals surface area contributed by atoms with Crippen LogP contribution in [0.4, 0.5) is 5.69 Å². The molecule has 0 saturated carbocycles. The summed E-state index contributed by atoms with van der Waals surface area (Å²) in [7, 11) is 0. The Bertz CT molecular complexity index is 756. The van der Waals surface area contributed by atoms with Crippen molar-refractivity contribution in [2.24, 2.45) is 0 Å². The van der Waals surface area contributed by atoms with Gasteiger partial charge in [-0.2, -0.15) is 0 Å². The van der Waals surface area contributed by atoms with E-state index in [2.05, 4.69) is 10.6 Å². The molecule has 2 N–H and O–H groups in total. The van der Waals surface area contributed by atoms with Crippen LogP contribution in [0.15, 0.2) is 42.5 Å². The second-order valence-electron chi connectivity index (χ2n) is 5.58. The molecule has 0 bridgehead atoms. The fraction of sp³-hybridized carbons (Fsp3) is 0.222. The van der Waals surface area contributed by atoms with Gasteiger partial charge in [-0.25, -0.2) is 0 Å². The molecule has 118 valence electrons. The van der Waals surface area contributed by atoms with Crippen LogP contribution >= 0.6 is 11.6 Å². The van der Waals surface area contributed by atoms with Crippen molar-refractivity contribution in [1.82, 2.24) is 5.32 Å². The number of halogens is 1. The number of carbonyl (C=O) groups excluding carboxylic acids is 2. The minimum atomic E-state index is -0.144. The fourth-order valence-electron chi connectivity index (χ4n) is 2.73. The third-order valence-corrected chi connectivity index (χ3v) is 4.23. The van der Waals surface area contributed by atoms with Crippen LogP contribution in [-0.4, -0.2) is 11.8 Å². The highest BCUT2D eigenvalue weighted by Crippen LogP contribution is 2.25. The number of carbonyl (C=O) groups is 2. The fourth-order valence-corrected chi connectivity index (χ4v) is 2.85. The van der Waals surface area contributed by atoms with E-state index in [4.69, 9.17) is 11.6 Å². The summed E-state index contributed by atoms with van der Waals surface area (Å²) in [5, 5.41) is 6.47. The monoisotopic (exact) mass is 328 g/mol. The second-order valence-corrected chi connectivity index (χ2v) is 6.02. The maximum Gasteiger partial charge on any atom is 0.251 e. The van der Waals surface area contributed by atoms with Crippen molar-refractivity contribution in [3.63, 3.8) is 0 Å². The molecule has 0 spiro atoms. The van der Waals surface area contributed by atoms with Crippen molar-refractivity contribution in [3.05, 3.63) is 64.2 Å². The molecule has 1 aliphatic rings. The van der Waals surface area contributed by atoms with E-state index in [1.807, 2.05) is 31.2 Å². The zero-order valence-electron chi connectivity index (χ0n) is 12.7. The molecule has 1 heterocycles. The number of nitrogens with one attached hydrogen (secondary N) is 2. The molecular formula is C18H17ClN2O2. The predicted molar refractivity (Wildman–Crippen MR) is 90.7 cm³/mol. The van der Waals surface area contributed by atoms with Crippen molar-refractivity contribution < 1.29 is 9.59 Å². The molecule has 1 aliphatic heterocycles. The number of benzene rings is 2. The Kier molecular flexibility index (Phi) is 4.35. The van der Waals surface area contributed by atoms with Crippen LogP contribution in [0.3, 0.4) is 0 Å². The van der Waals surface area contributed by atoms with Crippen LogP contribution in [0.25, 0.3) is 0 Å².